The summed E-state index contributed by atoms with van der Waals surface area (Å²) in [6.45, 7) is 6.11. The molecule has 3 aromatic rings. The first-order chi connectivity index (χ1) is 12.2. The van der Waals surface area contributed by atoms with Crippen LogP contribution in [0, 0.1) is 0 Å². The van der Waals surface area contributed by atoms with Crippen LogP contribution in [0.25, 0.3) is 0 Å². The molecule has 0 radical (unpaired) electrons. The molecule has 0 N–H and O–H groups in total. The average Bonchev–Trinajstić information content (AvgIpc) is 3.20. The number of hydrogen-bond acceptors (Lipinski definition) is 5. The van der Waals surface area contributed by atoms with E-state index < -0.39 is 0 Å². The maximum Gasteiger partial charge on any atom is 0.188 e. The van der Waals surface area contributed by atoms with Crippen LogP contribution in [0.15, 0.2) is 34.2 Å². The Morgan fingerprint density at radius 3 is 2.62 bits per heavy atom. The molecule has 0 saturated carbocycles. The van der Waals surface area contributed by atoms with Crippen LogP contribution in [-0.4, -0.2) is 15.9 Å². The molecule has 26 heavy (non-hydrogen) atoms. The first-order valence-electron chi connectivity index (χ1n) is 8.10. The minimum atomic E-state index is -0.137. The number of carbonyl (C=O) groups excluding carboxylic acids is 1. The van der Waals surface area contributed by atoms with Crippen molar-refractivity contribution in [3.05, 3.63) is 67.4 Å². The number of halogens is 2. The first-order valence-corrected chi connectivity index (χ1v) is 9.73. The number of hydrogen-bond donors (Lipinski definition) is 0. The fraction of sp³-hybridized carbons (Fsp3) is 0.316. The van der Waals surface area contributed by atoms with E-state index in [1.807, 2.05) is 39.0 Å². The summed E-state index contributed by atoms with van der Waals surface area (Å²) in [5, 5.41) is 7.65. The van der Waals surface area contributed by atoms with Crippen LogP contribution in [-0.2, 0) is 18.3 Å². The summed E-state index contributed by atoms with van der Waals surface area (Å²) < 4.78 is 5.33. The van der Waals surface area contributed by atoms with Crippen molar-refractivity contribution < 1.29 is 9.32 Å². The Hall–Kier alpha value is -1.69. The predicted molar refractivity (Wildman–Crippen MR) is 105 cm³/mol. The van der Waals surface area contributed by atoms with E-state index in [1.165, 1.54) is 11.3 Å². The van der Waals surface area contributed by atoms with E-state index in [9.17, 15) is 4.79 Å². The molecule has 0 unspecified atom stereocenters. The molecule has 0 atom stereocenters. The third kappa shape index (κ3) is 4.53. The highest BCUT2D eigenvalue weighted by molar-refractivity contribution is 7.09. The molecule has 0 saturated heterocycles. The van der Waals surface area contributed by atoms with E-state index in [0.29, 0.717) is 27.9 Å². The van der Waals surface area contributed by atoms with Crippen LogP contribution in [0.4, 0.5) is 0 Å². The molecule has 7 heteroatoms. The SMILES string of the molecule is CC(C)(C)c1cc(CC(=O)c2csc(Cc3ccc(Cl)c(Cl)c3)n2)no1. The van der Waals surface area contributed by atoms with Crippen LogP contribution in [0.2, 0.25) is 10.0 Å². The summed E-state index contributed by atoms with van der Waals surface area (Å²) in [6.07, 6.45) is 0.780. The van der Waals surface area contributed by atoms with Gasteiger partial charge < -0.3 is 4.52 Å². The highest BCUT2D eigenvalue weighted by Gasteiger charge is 2.21. The molecule has 1 aromatic carbocycles. The molecule has 0 bridgehead atoms. The third-order valence-electron chi connectivity index (χ3n) is 3.82. The number of benzene rings is 1. The number of rotatable bonds is 5. The van der Waals surface area contributed by atoms with E-state index in [2.05, 4.69) is 10.1 Å². The van der Waals surface area contributed by atoms with Crippen LogP contribution in [0.1, 0.15) is 53.3 Å². The molecule has 4 nitrogen and oxygen atoms in total. The van der Waals surface area contributed by atoms with E-state index >= 15 is 0 Å². The lowest BCUT2D eigenvalue weighted by molar-refractivity contribution is 0.0986. The van der Waals surface area contributed by atoms with Gasteiger partial charge in [-0.2, -0.15) is 0 Å². The van der Waals surface area contributed by atoms with Crippen molar-refractivity contribution >= 4 is 40.3 Å². The van der Waals surface area contributed by atoms with Gasteiger partial charge in [0, 0.05) is 23.3 Å². The molecule has 0 aliphatic rings. The van der Waals surface area contributed by atoms with Crippen molar-refractivity contribution in [1.29, 1.82) is 0 Å². The maximum absolute atomic E-state index is 12.5. The van der Waals surface area contributed by atoms with Crippen LogP contribution in [0.3, 0.4) is 0 Å². The average molecular weight is 409 g/mol. The smallest absolute Gasteiger partial charge is 0.188 e. The molecular weight excluding hydrogens is 391 g/mol. The largest absolute Gasteiger partial charge is 0.361 e. The fourth-order valence-electron chi connectivity index (χ4n) is 2.35. The van der Waals surface area contributed by atoms with Gasteiger partial charge in [-0.15, -0.1) is 11.3 Å². The zero-order valence-corrected chi connectivity index (χ0v) is 17.0. The molecule has 0 spiro atoms. The van der Waals surface area contributed by atoms with E-state index in [1.54, 1.807) is 11.4 Å². The highest BCUT2D eigenvalue weighted by Crippen LogP contribution is 2.25. The Kier molecular flexibility index (Phi) is 5.51. The topological polar surface area (TPSA) is 56.0 Å². The number of aromatic nitrogens is 2. The maximum atomic E-state index is 12.5. The van der Waals surface area contributed by atoms with Crippen molar-refractivity contribution in [2.75, 3.05) is 0 Å². The Balaban J connectivity index is 1.68. The minimum absolute atomic E-state index is 0.0737. The molecule has 2 heterocycles. The van der Waals surface area contributed by atoms with E-state index in [4.69, 9.17) is 27.7 Å². The van der Waals surface area contributed by atoms with Crippen molar-refractivity contribution in [2.45, 2.75) is 39.0 Å². The fourth-order valence-corrected chi connectivity index (χ4v) is 3.50. The van der Waals surface area contributed by atoms with Gasteiger partial charge in [-0.3, -0.25) is 4.79 Å². The second-order valence-corrected chi connectivity index (χ2v) is 8.84. The minimum Gasteiger partial charge on any atom is -0.361 e. The number of thiazole rings is 1. The van der Waals surface area contributed by atoms with Gasteiger partial charge in [-0.1, -0.05) is 55.2 Å². The van der Waals surface area contributed by atoms with E-state index in [0.717, 1.165) is 16.3 Å². The quantitative estimate of drug-likeness (QED) is 0.504. The van der Waals surface area contributed by atoms with E-state index in [-0.39, 0.29) is 17.6 Å². The Labute approximate surface area is 166 Å². The summed E-state index contributed by atoms with van der Waals surface area (Å²) >= 11 is 13.4. The second kappa shape index (κ2) is 7.51. The van der Waals surface area contributed by atoms with Crippen molar-refractivity contribution in [1.82, 2.24) is 10.1 Å². The second-order valence-electron chi connectivity index (χ2n) is 7.08. The molecular formula is C19H18Cl2N2O2S. The first kappa shape index (κ1) is 19.1. The summed E-state index contributed by atoms with van der Waals surface area (Å²) in [6, 6.07) is 7.31. The molecule has 0 amide bonds. The van der Waals surface area contributed by atoms with Gasteiger partial charge in [0.2, 0.25) is 0 Å². The summed E-state index contributed by atoms with van der Waals surface area (Å²) in [7, 11) is 0. The van der Waals surface area contributed by atoms with Gasteiger partial charge in [0.05, 0.1) is 27.2 Å². The monoisotopic (exact) mass is 408 g/mol. The standard InChI is InChI=1S/C19H18Cl2N2O2S/c1-19(2,3)17-9-12(23-25-17)8-16(24)15-10-26-18(22-15)7-11-4-5-13(20)14(21)6-11/h4-6,9-10H,7-8H2,1-3H3. The van der Waals surface area contributed by atoms with Crippen molar-refractivity contribution in [2.24, 2.45) is 0 Å². The summed E-state index contributed by atoms with van der Waals surface area (Å²) in [5.74, 6) is 0.689. The highest BCUT2D eigenvalue weighted by atomic mass is 35.5. The Bertz CT molecular complexity index is 941. The normalized spacial score (nSPS) is 11.7. The third-order valence-corrected chi connectivity index (χ3v) is 5.40. The van der Waals surface area contributed by atoms with Crippen molar-refractivity contribution in [3.8, 4) is 0 Å². The lowest BCUT2D eigenvalue weighted by atomic mass is 9.93. The van der Waals surface area contributed by atoms with Gasteiger partial charge in [0.25, 0.3) is 0 Å². The van der Waals surface area contributed by atoms with Crippen LogP contribution >= 0.6 is 34.5 Å². The zero-order valence-electron chi connectivity index (χ0n) is 14.7. The molecule has 0 aliphatic carbocycles. The molecule has 136 valence electrons. The summed E-state index contributed by atoms with van der Waals surface area (Å²) in [4.78, 5) is 16.9. The van der Waals surface area contributed by atoms with Gasteiger partial charge in [0.15, 0.2) is 5.78 Å². The Morgan fingerprint density at radius 2 is 1.96 bits per heavy atom. The number of carbonyl (C=O) groups is 1. The van der Waals surface area contributed by atoms with Gasteiger partial charge in [-0.05, 0) is 17.7 Å². The lowest BCUT2D eigenvalue weighted by Crippen LogP contribution is -2.09. The van der Waals surface area contributed by atoms with Gasteiger partial charge >= 0.3 is 0 Å². The zero-order chi connectivity index (χ0) is 18.9. The molecule has 0 aliphatic heterocycles. The van der Waals surface area contributed by atoms with Gasteiger partial charge in [0.1, 0.15) is 11.5 Å². The molecule has 2 aromatic heterocycles. The number of ketones is 1. The van der Waals surface area contributed by atoms with Crippen LogP contribution in [0.5, 0.6) is 0 Å². The molecule has 3 rings (SSSR count). The van der Waals surface area contributed by atoms with Crippen molar-refractivity contribution in [3.63, 3.8) is 0 Å². The number of Topliss-reactive ketones (excluding diaryl/α,β-unsaturated/α-hetero) is 1. The Morgan fingerprint density at radius 1 is 1.19 bits per heavy atom. The lowest BCUT2D eigenvalue weighted by Gasteiger charge is -2.12. The van der Waals surface area contributed by atoms with Gasteiger partial charge in [-0.25, -0.2) is 4.98 Å². The summed E-state index contributed by atoms with van der Waals surface area (Å²) in [5.41, 5.74) is 1.94. The molecule has 0 fully saturated rings. The predicted octanol–water partition coefficient (Wildman–Crippen LogP) is 5.75. The number of nitrogens with zero attached hydrogens (tertiary/aromatic N) is 2. The van der Waals surface area contributed by atoms with Crippen LogP contribution < -0.4 is 0 Å².